The number of fused-ring (bicyclic) bond motifs is 2. The maximum atomic E-state index is 13.1. The van der Waals surface area contributed by atoms with Crippen LogP contribution in [0.4, 0.5) is 27.7 Å². The van der Waals surface area contributed by atoms with Crippen molar-refractivity contribution in [2.24, 2.45) is 20.6 Å². The van der Waals surface area contributed by atoms with Gasteiger partial charge in [0.05, 0.1) is 42.1 Å². The summed E-state index contributed by atoms with van der Waals surface area (Å²) in [7, 11) is 5.66. The number of hydrogen-bond donors (Lipinski definition) is 5. The quantitative estimate of drug-likeness (QED) is 0.0253. The molecule has 11 rings (SSSR count). The Hall–Kier alpha value is -12.7. The van der Waals surface area contributed by atoms with Gasteiger partial charge >= 0.3 is 5.97 Å². The van der Waals surface area contributed by atoms with Gasteiger partial charge in [0.1, 0.15) is 140 Å². The molecule has 0 spiro atoms. The van der Waals surface area contributed by atoms with E-state index < -0.39 is 11.8 Å². The Labute approximate surface area is 539 Å². The summed E-state index contributed by atoms with van der Waals surface area (Å²) in [6.07, 6.45) is 10.6. The number of carbonyl (C=O) groups excluding carboxylic acids is 1. The first-order valence-corrected chi connectivity index (χ1v) is 27.9. The molecule has 0 aliphatic carbocycles. The van der Waals surface area contributed by atoms with E-state index >= 15 is 0 Å². The van der Waals surface area contributed by atoms with E-state index in [9.17, 15) is 9.18 Å². The van der Waals surface area contributed by atoms with Gasteiger partial charge in [0, 0.05) is 28.7 Å². The van der Waals surface area contributed by atoms with Gasteiger partial charge in [0.25, 0.3) is 0 Å². The number of aromatic nitrogens is 9. The molecule has 0 unspecified atom stereocenters. The number of benzene rings is 5. The van der Waals surface area contributed by atoms with E-state index in [2.05, 4.69) is 84.8 Å². The second-order valence-electron chi connectivity index (χ2n) is 18.4. The first kappa shape index (κ1) is 67.3. The third kappa shape index (κ3) is 18.5. The standard InChI is InChI=1S/C19H18N4O3.C18H19N5O4.C13H12N4O4.C12H10ClFN4O2/c1-24-23-11-17-18(20)21-13-22-19(17)26-16-9-7-15(8-10-16)25-12-14-5-3-2-4-6-14;1-4-26-18(24)15-10(2)23-14-6-5-11(7-12(14)15)27-17-13(8-22-25-3)16(19)20-9-21-17;1-18-17-5-9-12(14)15-6-16-13(9)21-8-2-3-10-11(4-8)20-7-19-10;1-19-18-5-8-11(15)16-6-17-12(8)20-7-2-3-10(14)9(13)4-7/h2-11,13H,12H2,1H3,(H2,20,21,22);5-9,23H,4H2,1-3H3,(H2,19,20,21);2-6H,7H2,1H3,(H2,14,15,16);2-6H,1H3,(H2,15,16,17)/b23-11+;22-8+;17-5+;18-5+. The molecule has 10 aromatic rings. The molecule has 0 radical (unpaired) electrons. The highest BCUT2D eigenvalue weighted by atomic mass is 35.5. The fourth-order valence-electron chi connectivity index (χ4n) is 7.91. The highest BCUT2D eigenvalue weighted by Crippen LogP contribution is 2.38. The van der Waals surface area contributed by atoms with Gasteiger partial charge in [-0.2, -0.15) is 0 Å². The average molecular weight is 1300 g/mol. The van der Waals surface area contributed by atoms with E-state index in [4.69, 9.17) is 72.4 Å². The molecule has 6 heterocycles. The Kier molecular flexibility index (Phi) is 24.2. The van der Waals surface area contributed by atoms with Crippen molar-refractivity contribution in [3.63, 3.8) is 0 Å². The third-order valence-corrected chi connectivity index (χ3v) is 12.6. The van der Waals surface area contributed by atoms with Gasteiger partial charge in [-0.05, 0) is 86.1 Å². The second-order valence-corrected chi connectivity index (χ2v) is 18.8. The van der Waals surface area contributed by atoms with E-state index in [-0.39, 0.29) is 58.6 Å². The number of aromatic amines is 1. The summed E-state index contributed by atoms with van der Waals surface area (Å²) >= 11 is 5.68. The molecule has 0 saturated heterocycles. The maximum absolute atomic E-state index is 13.1. The summed E-state index contributed by atoms with van der Waals surface area (Å²) in [5.74, 6) is 4.77. The Bertz CT molecular complexity index is 4310. The van der Waals surface area contributed by atoms with Crippen LogP contribution in [-0.4, -0.2) is 118 Å². The largest absolute Gasteiger partial charge is 0.489 e. The average Bonchev–Trinajstić information content (AvgIpc) is 1.65. The normalized spacial score (nSPS) is 11.2. The van der Waals surface area contributed by atoms with Gasteiger partial charge in [-0.1, -0.05) is 62.6 Å². The highest BCUT2D eigenvalue weighted by Gasteiger charge is 2.20. The van der Waals surface area contributed by atoms with Crippen LogP contribution in [0.25, 0.3) is 10.9 Å². The SMILES string of the molecule is CCOC(=O)c1c(C)[nH]c2ccc(Oc3ncnc(N)c3/C=N/OC)cc12.CO/N=C/c1c(N)ncnc1Oc1ccc(F)c(Cl)c1.CO/N=C/c1c(N)ncnc1Oc1ccc(OCc2ccccc2)cc1.CO/N=C/c1c(N)ncnc1Oc1ccc2c(c1)OCO2. The highest BCUT2D eigenvalue weighted by molar-refractivity contribution is 6.30. The lowest BCUT2D eigenvalue weighted by molar-refractivity contribution is 0.0527. The number of esters is 1. The Morgan fingerprint density at radius 3 is 1.46 bits per heavy atom. The van der Waals surface area contributed by atoms with Crippen molar-refractivity contribution < 1.29 is 66.4 Å². The van der Waals surface area contributed by atoms with E-state index in [1.807, 2.05) is 55.5 Å². The number of hydrogen-bond acceptors (Lipinski definition) is 29. The monoisotopic (exact) mass is 1300 g/mol. The Morgan fingerprint density at radius 1 is 0.553 bits per heavy atom. The summed E-state index contributed by atoms with van der Waals surface area (Å²) in [5.41, 5.74) is 27.9. The van der Waals surface area contributed by atoms with Crippen LogP contribution < -0.4 is 56.1 Å². The molecular weight excluding hydrogens is 1250 g/mol. The van der Waals surface area contributed by atoms with Gasteiger partial charge in [-0.25, -0.2) is 49.1 Å². The minimum absolute atomic E-state index is 0.0587. The molecule has 0 amide bonds. The zero-order valence-electron chi connectivity index (χ0n) is 50.9. The van der Waals surface area contributed by atoms with E-state index in [0.29, 0.717) is 80.9 Å². The molecule has 0 saturated carbocycles. The lowest BCUT2D eigenvalue weighted by Crippen LogP contribution is -2.05. The number of aryl methyl sites for hydroxylation is 1. The molecule has 0 bridgehead atoms. The molecule has 0 fully saturated rings. The number of carbonyl (C=O) groups is 1. The van der Waals surface area contributed by atoms with Crippen molar-refractivity contribution in [1.82, 2.24) is 44.9 Å². The van der Waals surface area contributed by atoms with Crippen LogP contribution in [0.15, 0.2) is 155 Å². The number of anilines is 4. The first-order valence-electron chi connectivity index (χ1n) is 27.5. The number of nitrogen functional groups attached to an aromatic ring is 4. The van der Waals surface area contributed by atoms with Gasteiger partial charge in [0.2, 0.25) is 30.3 Å². The van der Waals surface area contributed by atoms with Gasteiger partial charge in [-0.15, -0.1) is 0 Å². The third-order valence-electron chi connectivity index (χ3n) is 12.3. The molecule has 5 aromatic heterocycles. The number of nitrogens with zero attached hydrogens (tertiary/aromatic N) is 12. The van der Waals surface area contributed by atoms with Crippen molar-refractivity contribution in [2.45, 2.75) is 20.5 Å². The van der Waals surface area contributed by atoms with E-state index in [0.717, 1.165) is 22.5 Å². The van der Waals surface area contributed by atoms with Crippen molar-refractivity contribution in [3.8, 4) is 63.8 Å². The van der Waals surface area contributed by atoms with Crippen LogP contribution in [0.2, 0.25) is 5.02 Å². The molecule has 30 nitrogen and oxygen atoms in total. The van der Waals surface area contributed by atoms with Crippen LogP contribution in [0.1, 0.15) is 50.8 Å². The lowest BCUT2D eigenvalue weighted by atomic mass is 10.1. The van der Waals surface area contributed by atoms with Crippen LogP contribution in [0.5, 0.6) is 63.8 Å². The number of nitrogens with two attached hydrogens (primary N) is 4. The molecule has 32 heteroatoms. The number of halogens is 2. The number of ether oxygens (including phenoxy) is 8. The maximum Gasteiger partial charge on any atom is 0.340 e. The summed E-state index contributed by atoms with van der Waals surface area (Å²) in [4.78, 5) is 65.7. The molecule has 94 heavy (non-hydrogen) atoms. The number of oxime groups is 4. The van der Waals surface area contributed by atoms with Crippen LogP contribution in [-0.2, 0) is 30.7 Å². The van der Waals surface area contributed by atoms with Gasteiger partial charge < -0.3 is 85.2 Å². The van der Waals surface area contributed by atoms with Gasteiger partial charge in [-0.3, -0.25) is 0 Å². The topological polar surface area (TPSA) is 400 Å². The van der Waals surface area contributed by atoms with E-state index in [1.54, 1.807) is 49.4 Å². The molecular formula is C62H59ClFN17O13. The molecule has 484 valence electrons. The Balaban J connectivity index is 0.000000162. The molecule has 9 N–H and O–H groups in total. The van der Waals surface area contributed by atoms with Crippen molar-refractivity contribution in [2.75, 3.05) is 64.8 Å². The fraction of sp³-hybridized carbons (Fsp3) is 0.145. The molecule has 1 aliphatic heterocycles. The zero-order valence-corrected chi connectivity index (χ0v) is 51.6. The minimum Gasteiger partial charge on any atom is -0.489 e. The van der Waals surface area contributed by atoms with Crippen LogP contribution >= 0.6 is 11.6 Å². The van der Waals surface area contributed by atoms with Crippen molar-refractivity contribution in [3.05, 3.63) is 184 Å². The molecule has 0 atom stereocenters. The number of H-pyrrole nitrogens is 1. The number of nitrogens with one attached hydrogen (secondary N) is 1. The summed E-state index contributed by atoms with van der Waals surface area (Å²) in [5, 5.41) is 15.2. The summed E-state index contributed by atoms with van der Waals surface area (Å²) in [6, 6.07) is 31.6. The Morgan fingerprint density at radius 2 is 0.979 bits per heavy atom. The van der Waals surface area contributed by atoms with Gasteiger partial charge in [0.15, 0.2) is 11.5 Å². The predicted octanol–water partition coefficient (Wildman–Crippen LogP) is 10.4. The van der Waals surface area contributed by atoms with Crippen molar-refractivity contribution in [1.29, 1.82) is 0 Å². The molecule has 1 aliphatic rings. The fourth-order valence-corrected chi connectivity index (χ4v) is 8.08. The van der Waals surface area contributed by atoms with Crippen molar-refractivity contribution >= 4 is 76.6 Å². The summed E-state index contributed by atoms with van der Waals surface area (Å²) in [6.45, 7) is 4.58. The zero-order chi connectivity index (χ0) is 66.8. The smallest absolute Gasteiger partial charge is 0.340 e. The minimum atomic E-state index is -0.539. The van der Waals surface area contributed by atoms with Crippen LogP contribution in [0.3, 0.4) is 0 Å². The van der Waals surface area contributed by atoms with E-state index in [1.165, 1.54) is 96.8 Å². The predicted molar refractivity (Wildman–Crippen MR) is 345 cm³/mol. The second kappa shape index (κ2) is 33.8. The lowest BCUT2D eigenvalue weighted by Gasteiger charge is -2.10. The van der Waals surface area contributed by atoms with Crippen LogP contribution in [0, 0.1) is 12.7 Å². The summed E-state index contributed by atoms with van der Waals surface area (Å²) < 4.78 is 57.3. The molecule has 5 aromatic carbocycles. The first-order chi connectivity index (χ1) is 45.7. The number of rotatable bonds is 21.